The molecule has 1 fully saturated rings. The minimum atomic E-state index is -0.475. The number of aliphatic hydroxyl groups is 1. The highest BCUT2D eigenvalue weighted by molar-refractivity contribution is 5.82. The van der Waals surface area contributed by atoms with Gasteiger partial charge in [-0.05, 0) is 30.9 Å². The van der Waals surface area contributed by atoms with Crippen LogP contribution in [0.1, 0.15) is 32.3 Å². The van der Waals surface area contributed by atoms with Gasteiger partial charge in [0.25, 0.3) is 0 Å². The molecule has 4 heteroatoms. The summed E-state index contributed by atoms with van der Waals surface area (Å²) in [7, 11) is 1.65. The van der Waals surface area contributed by atoms with Gasteiger partial charge in [-0.15, -0.1) is 0 Å². The van der Waals surface area contributed by atoms with Crippen molar-refractivity contribution in [1.82, 2.24) is 4.90 Å². The summed E-state index contributed by atoms with van der Waals surface area (Å²) in [5, 5.41) is 9.56. The van der Waals surface area contributed by atoms with Crippen LogP contribution in [-0.2, 0) is 11.2 Å². The molecule has 4 nitrogen and oxygen atoms in total. The van der Waals surface area contributed by atoms with Crippen LogP contribution >= 0.6 is 0 Å². The van der Waals surface area contributed by atoms with E-state index in [9.17, 15) is 9.90 Å². The third-order valence-electron chi connectivity index (χ3n) is 4.16. The van der Waals surface area contributed by atoms with Crippen molar-refractivity contribution in [3.63, 3.8) is 0 Å². The highest BCUT2D eigenvalue weighted by Gasteiger charge is 2.34. The number of para-hydroxylation sites is 1. The van der Waals surface area contributed by atoms with Gasteiger partial charge in [-0.2, -0.15) is 0 Å². The first-order chi connectivity index (χ1) is 9.94. The highest BCUT2D eigenvalue weighted by atomic mass is 16.5. The van der Waals surface area contributed by atoms with E-state index in [1.54, 1.807) is 7.11 Å². The van der Waals surface area contributed by atoms with Crippen molar-refractivity contribution in [1.29, 1.82) is 0 Å². The number of piperidine rings is 1. The molecule has 21 heavy (non-hydrogen) atoms. The number of carbonyl (C=O) groups is 1. The molecule has 1 aromatic rings. The first-order valence-corrected chi connectivity index (χ1v) is 7.53. The fourth-order valence-electron chi connectivity index (χ4n) is 2.90. The number of methoxy groups -OCH3 is 1. The molecule has 0 saturated carbocycles. The summed E-state index contributed by atoms with van der Waals surface area (Å²) in [6.45, 7) is 5.25. The molecular weight excluding hydrogens is 266 g/mol. The van der Waals surface area contributed by atoms with Gasteiger partial charge in [-0.25, -0.2) is 0 Å². The van der Waals surface area contributed by atoms with Crippen molar-refractivity contribution >= 4 is 5.91 Å². The molecule has 0 spiro atoms. The van der Waals surface area contributed by atoms with Gasteiger partial charge >= 0.3 is 0 Å². The molecule has 1 aliphatic rings. The van der Waals surface area contributed by atoms with E-state index in [1.165, 1.54) is 0 Å². The molecule has 1 N–H and O–H groups in total. The van der Waals surface area contributed by atoms with Crippen LogP contribution in [0.25, 0.3) is 0 Å². The monoisotopic (exact) mass is 291 g/mol. The molecule has 0 unspecified atom stereocenters. The van der Waals surface area contributed by atoms with E-state index < -0.39 is 5.41 Å². The molecule has 0 bridgehead atoms. The van der Waals surface area contributed by atoms with Gasteiger partial charge in [0.2, 0.25) is 5.91 Å². The zero-order chi connectivity index (χ0) is 15.5. The van der Waals surface area contributed by atoms with E-state index in [4.69, 9.17) is 4.74 Å². The third kappa shape index (κ3) is 3.76. The molecule has 116 valence electrons. The number of aliphatic hydroxyl groups excluding tert-OH is 1. The molecule has 1 heterocycles. The predicted octanol–water partition coefficient (Wildman–Crippen LogP) is 2.25. The normalized spacial score (nSPS) is 16.9. The van der Waals surface area contributed by atoms with Crippen molar-refractivity contribution in [2.45, 2.75) is 39.2 Å². The topological polar surface area (TPSA) is 49.8 Å². The second-order valence-corrected chi connectivity index (χ2v) is 6.40. The SMILES string of the molecule is COc1ccccc1CC(C)(C)C(=O)N1CCC(O)CC1. The summed E-state index contributed by atoms with van der Waals surface area (Å²) in [5.74, 6) is 0.979. The Kier molecular flexibility index (Phi) is 4.88. The van der Waals surface area contributed by atoms with Gasteiger partial charge in [0.1, 0.15) is 5.75 Å². The fraction of sp³-hybridized carbons (Fsp3) is 0.588. The largest absolute Gasteiger partial charge is 0.496 e. The minimum Gasteiger partial charge on any atom is -0.496 e. The lowest BCUT2D eigenvalue weighted by Gasteiger charge is -2.36. The Morgan fingerprint density at radius 1 is 1.33 bits per heavy atom. The molecule has 0 atom stereocenters. The third-order valence-corrected chi connectivity index (χ3v) is 4.16. The Balaban J connectivity index is 2.08. The van der Waals surface area contributed by atoms with Crippen molar-refractivity contribution < 1.29 is 14.6 Å². The van der Waals surface area contributed by atoms with Crippen LogP contribution in [0.5, 0.6) is 5.75 Å². The van der Waals surface area contributed by atoms with Gasteiger partial charge in [0.15, 0.2) is 0 Å². The Bertz CT molecular complexity index is 491. The number of rotatable bonds is 4. The lowest BCUT2D eigenvalue weighted by molar-refractivity contribution is -0.142. The first kappa shape index (κ1) is 15.8. The Hall–Kier alpha value is -1.55. The lowest BCUT2D eigenvalue weighted by atomic mass is 9.83. The summed E-state index contributed by atoms with van der Waals surface area (Å²) in [6.07, 6.45) is 1.74. The van der Waals surface area contributed by atoms with E-state index in [2.05, 4.69) is 0 Å². The molecule has 2 rings (SSSR count). The summed E-state index contributed by atoms with van der Waals surface area (Å²) in [6, 6.07) is 7.83. The summed E-state index contributed by atoms with van der Waals surface area (Å²) >= 11 is 0. The molecule has 1 aliphatic heterocycles. The molecule has 0 aliphatic carbocycles. The Labute approximate surface area is 126 Å². The van der Waals surface area contributed by atoms with E-state index in [-0.39, 0.29) is 12.0 Å². The van der Waals surface area contributed by atoms with Crippen LogP contribution < -0.4 is 4.74 Å². The lowest BCUT2D eigenvalue weighted by Crippen LogP contribution is -2.46. The Morgan fingerprint density at radius 3 is 2.57 bits per heavy atom. The number of ether oxygens (including phenoxy) is 1. The Morgan fingerprint density at radius 2 is 1.95 bits per heavy atom. The predicted molar refractivity (Wildman–Crippen MR) is 82.3 cm³/mol. The maximum absolute atomic E-state index is 12.7. The fourth-order valence-corrected chi connectivity index (χ4v) is 2.90. The van der Waals surface area contributed by atoms with Crippen LogP contribution in [0.15, 0.2) is 24.3 Å². The van der Waals surface area contributed by atoms with Crippen LogP contribution in [0.4, 0.5) is 0 Å². The zero-order valence-electron chi connectivity index (χ0n) is 13.1. The quantitative estimate of drug-likeness (QED) is 0.925. The molecule has 1 aromatic carbocycles. The van der Waals surface area contributed by atoms with E-state index in [0.29, 0.717) is 32.4 Å². The second-order valence-electron chi connectivity index (χ2n) is 6.40. The maximum Gasteiger partial charge on any atom is 0.228 e. The van der Waals surface area contributed by atoms with E-state index in [1.807, 2.05) is 43.0 Å². The van der Waals surface area contributed by atoms with Gasteiger partial charge < -0.3 is 14.7 Å². The second kappa shape index (κ2) is 6.48. The number of amides is 1. The number of hydrogen-bond acceptors (Lipinski definition) is 3. The summed E-state index contributed by atoms with van der Waals surface area (Å²) < 4.78 is 5.37. The minimum absolute atomic E-state index is 0.153. The van der Waals surface area contributed by atoms with Crippen molar-refractivity contribution in [3.8, 4) is 5.75 Å². The van der Waals surface area contributed by atoms with Crippen LogP contribution in [-0.4, -0.2) is 42.2 Å². The smallest absolute Gasteiger partial charge is 0.228 e. The molecule has 1 amide bonds. The average Bonchev–Trinajstić information content (AvgIpc) is 2.47. The number of carbonyl (C=O) groups excluding carboxylic acids is 1. The summed E-state index contributed by atoms with van der Waals surface area (Å²) in [5.41, 5.74) is 0.576. The van der Waals surface area contributed by atoms with Gasteiger partial charge in [-0.1, -0.05) is 32.0 Å². The van der Waals surface area contributed by atoms with Crippen molar-refractivity contribution in [2.75, 3.05) is 20.2 Å². The first-order valence-electron chi connectivity index (χ1n) is 7.53. The van der Waals surface area contributed by atoms with E-state index >= 15 is 0 Å². The van der Waals surface area contributed by atoms with Crippen LogP contribution in [0, 0.1) is 5.41 Å². The van der Waals surface area contributed by atoms with Gasteiger partial charge in [0.05, 0.1) is 13.2 Å². The van der Waals surface area contributed by atoms with Crippen molar-refractivity contribution in [2.24, 2.45) is 5.41 Å². The van der Waals surface area contributed by atoms with Crippen molar-refractivity contribution in [3.05, 3.63) is 29.8 Å². The van der Waals surface area contributed by atoms with Gasteiger partial charge in [-0.3, -0.25) is 4.79 Å². The molecule has 1 saturated heterocycles. The average molecular weight is 291 g/mol. The number of nitrogens with zero attached hydrogens (tertiary/aromatic N) is 1. The van der Waals surface area contributed by atoms with Gasteiger partial charge in [0, 0.05) is 18.5 Å². The number of hydrogen-bond donors (Lipinski definition) is 1. The van der Waals surface area contributed by atoms with E-state index in [0.717, 1.165) is 11.3 Å². The molecule has 0 radical (unpaired) electrons. The zero-order valence-corrected chi connectivity index (χ0v) is 13.1. The molecule has 0 aromatic heterocycles. The van der Waals surface area contributed by atoms with Crippen LogP contribution in [0.2, 0.25) is 0 Å². The molecular formula is C17H25NO3. The number of benzene rings is 1. The maximum atomic E-state index is 12.7. The number of likely N-dealkylation sites (tertiary alicyclic amines) is 1. The standard InChI is InChI=1S/C17H25NO3/c1-17(2,12-13-6-4-5-7-15(13)21-3)16(20)18-10-8-14(19)9-11-18/h4-7,14,19H,8-12H2,1-3H3. The van der Waals surface area contributed by atoms with Crippen LogP contribution in [0.3, 0.4) is 0 Å². The highest BCUT2D eigenvalue weighted by Crippen LogP contribution is 2.30. The summed E-state index contributed by atoms with van der Waals surface area (Å²) in [4.78, 5) is 14.6.